The van der Waals surface area contributed by atoms with Gasteiger partial charge in [0.1, 0.15) is 12.3 Å². The molecule has 0 spiro atoms. The van der Waals surface area contributed by atoms with Crippen LogP contribution in [0.25, 0.3) is 0 Å². The lowest BCUT2D eigenvalue weighted by Gasteiger charge is -2.34. The number of rotatable bonds is 4. The predicted octanol–water partition coefficient (Wildman–Crippen LogP) is 0.376. The molecule has 4 rings (SSSR count). The second-order valence-corrected chi connectivity index (χ2v) is 7.66. The van der Waals surface area contributed by atoms with Crippen LogP contribution >= 0.6 is 12.2 Å². The summed E-state index contributed by atoms with van der Waals surface area (Å²) in [7, 11) is 0. The molecule has 3 heterocycles. The average Bonchev–Trinajstić information content (AvgIpc) is 3.31. The molecule has 25 heavy (non-hydrogen) atoms. The van der Waals surface area contributed by atoms with Gasteiger partial charge in [0.05, 0.1) is 38.9 Å². The maximum Gasteiger partial charge on any atom is 0.169 e. The first-order valence-corrected chi connectivity index (χ1v) is 9.91. The van der Waals surface area contributed by atoms with Gasteiger partial charge in [-0.25, -0.2) is 0 Å². The summed E-state index contributed by atoms with van der Waals surface area (Å²) in [6.45, 7) is 8.00. The van der Waals surface area contributed by atoms with Gasteiger partial charge >= 0.3 is 0 Å². The number of nitrogens with one attached hydrogen (secondary N) is 2. The van der Waals surface area contributed by atoms with Crippen LogP contribution in [0, 0.1) is 0 Å². The van der Waals surface area contributed by atoms with E-state index in [1.165, 1.54) is 17.5 Å². The zero-order chi connectivity index (χ0) is 17.1. The van der Waals surface area contributed by atoms with Crippen LogP contribution in [0.2, 0.25) is 0 Å². The van der Waals surface area contributed by atoms with Crippen molar-refractivity contribution in [1.29, 1.82) is 0 Å². The van der Waals surface area contributed by atoms with Crippen molar-refractivity contribution in [3.05, 3.63) is 29.3 Å². The minimum Gasteiger partial charge on any atom is -0.493 e. The average molecular weight is 363 g/mol. The standard InChI is InChI=1S/C19H27N3O2S/c25-19(20-13-17-2-1-10-23-17)22-8-6-21(7-9-22)14-15-3-4-18-16(12-15)5-11-24-18/h3-4,12,17H,1-2,5-11,13-14H2,(H,20,25)/p+1/t17-/m1/s1. The lowest BCUT2D eigenvalue weighted by atomic mass is 10.1. The highest BCUT2D eigenvalue weighted by molar-refractivity contribution is 7.80. The van der Waals surface area contributed by atoms with Gasteiger partial charge in [-0.05, 0) is 48.8 Å². The minimum absolute atomic E-state index is 0.341. The summed E-state index contributed by atoms with van der Waals surface area (Å²) in [4.78, 5) is 3.95. The monoisotopic (exact) mass is 362 g/mol. The van der Waals surface area contributed by atoms with Gasteiger partial charge in [-0.1, -0.05) is 0 Å². The molecule has 0 saturated carbocycles. The normalized spacial score (nSPS) is 23.4. The fraction of sp³-hybridized carbons (Fsp3) is 0.632. The second-order valence-electron chi connectivity index (χ2n) is 7.28. The minimum atomic E-state index is 0.341. The molecule has 3 aliphatic rings. The smallest absolute Gasteiger partial charge is 0.169 e. The molecule has 1 aromatic rings. The lowest BCUT2D eigenvalue weighted by Crippen LogP contribution is -3.13. The third-order valence-electron chi connectivity index (χ3n) is 5.47. The molecule has 6 heteroatoms. The van der Waals surface area contributed by atoms with E-state index in [-0.39, 0.29) is 0 Å². The summed E-state index contributed by atoms with van der Waals surface area (Å²) in [5.41, 5.74) is 2.79. The highest BCUT2D eigenvalue weighted by Gasteiger charge is 2.23. The van der Waals surface area contributed by atoms with E-state index in [1.807, 2.05) is 0 Å². The Morgan fingerprint density at radius 2 is 2.16 bits per heavy atom. The molecule has 0 radical (unpaired) electrons. The summed E-state index contributed by atoms with van der Waals surface area (Å²) in [6.07, 6.45) is 3.72. The summed E-state index contributed by atoms with van der Waals surface area (Å²) >= 11 is 5.57. The number of piperazine rings is 1. The molecule has 136 valence electrons. The number of hydrogen-bond acceptors (Lipinski definition) is 3. The summed E-state index contributed by atoms with van der Waals surface area (Å²) < 4.78 is 11.3. The summed E-state index contributed by atoms with van der Waals surface area (Å²) in [6, 6.07) is 6.68. The first kappa shape index (κ1) is 17.1. The van der Waals surface area contributed by atoms with Gasteiger partial charge in [0.25, 0.3) is 0 Å². The van der Waals surface area contributed by atoms with Gasteiger partial charge in [0.15, 0.2) is 5.11 Å². The van der Waals surface area contributed by atoms with E-state index in [4.69, 9.17) is 21.7 Å². The van der Waals surface area contributed by atoms with Crippen molar-refractivity contribution in [3.8, 4) is 5.75 Å². The van der Waals surface area contributed by atoms with E-state index in [9.17, 15) is 0 Å². The highest BCUT2D eigenvalue weighted by Crippen LogP contribution is 2.25. The number of fused-ring (bicyclic) bond motifs is 1. The van der Waals surface area contributed by atoms with Gasteiger partial charge in [-0.15, -0.1) is 0 Å². The van der Waals surface area contributed by atoms with Crippen LogP contribution in [0.3, 0.4) is 0 Å². The van der Waals surface area contributed by atoms with Gasteiger partial charge in [-0.3, -0.25) is 0 Å². The fourth-order valence-electron chi connectivity index (χ4n) is 3.96. The SMILES string of the molecule is S=C(NC[C@H]1CCCO1)N1CC[NH+](Cc2ccc3c(c2)CCO3)CC1. The molecule has 2 saturated heterocycles. The molecule has 5 nitrogen and oxygen atoms in total. The molecule has 2 N–H and O–H groups in total. The van der Waals surface area contributed by atoms with Crippen LogP contribution in [0.15, 0.2) is 18.2 Å². The Morgan fingerprint density at radius 1 is 1.28 bits per heavy atom. The fourth-order valence-corrected chi connectivity index (χ4v) is 4.23. The number of quaternary nitrogens is 1. The van der Waals surface area contributed by atoms with Crippen LogP contribution in [0.1, 0.15) is 24.0 Å². The van der Waals surface area contributed by atoms with Crippen molar-refractivity contribution < 1.29 is 14.4 Å². The second kappa shape index (κ2) is 7.89. The van der Waals surface area contributed by atoms with Gasteiger partial charge in [-0.2, -0.15) is 0 Å². The van der Waals surface area contributed by atoms with E-state index in [0.717, 1.165) is 76.2 Å². The van der Waals surface area contributed by atoms with Crippen LogP contribution in [0.5, 0.6) is 5.75 Å². The molecule has 1 aromatic carbocycles. The number of thiocarbonyl (C=S) groups is 1. The van der Waals surface area contributed by atoms with Crippen LogP contribution < -0.4 is 15.0 Å². The van der Waals surface area contributed by atoms with Gasteiger partial charge < -0.3 is 24.6 Å². The summed E-state index contributed by atoms with van der Waals surface area (Å²) in [5.74, 6) is 1.08. The third kappa shape index (κ3) is 4.25. The van der Waals surface area contributed by atoms with E-state index >= 15 is 0 Å². The van der Waals surface area contributed by atoms with Crippen molar-refractivity contribution >= 4 is 17.3 Å². The lowest BCUT2D eigenvalue weighted by molar-refractivity contribution is -0.917. The number of ether oxygens (including phenoxy) is 2. The largest absolute Gasteiger partial charge is 0.493 e. The van der Waals surface area contributed by atoms with E-state index in [1.54, 1.807) is 4.90 Å². The quantitative estimate of drug-likeness (QED) is 0.758. The maximum absolute atomic E-state index is 5.65. The molecule has 3 aliphatic heterocycles. The van der Waals surface area contributed by atoms with Crippen molar-refractivity contribution in [2.75, 3.05) is 45.9 Å². The Kier molecular flexibility index (Phi) is 5.39. The maximum atomic E-state index is 5.65. The Labute approximate surface area is 155 Å². The van der Waals surface area contributed by atoms with Crippen LogP contribution in [0.4, 0.5) is 0 Å². The van der Waals surface area contributed by atoms with Crippen LogP contribution in [-0.4, -0.2) is 62.1 Å². The molecular weight excluding hydrogens is 334 g/mol. The molecular formula is C19H28N3O2S+. The zero-order valence-electron chi connectivity index (χ0n) is 14.8. The highest BCUT2D eigenvalue weighted by atomic mass is 32.1. The number of hydrogen-bond donors (Lipinski definition) is 2. The molecule has 0 aliphatic carbocycles. The van der Waals surface area contributed by atoms with Crippen LogP contribution in [-0.2, 0) is 17.7 Å². The van der Waals surface area contributed by atoms with Crippen molar-refractivity contribution in [1.82, 2.24) is 10.2 Å². The molecule has 0 bridgehead atoms. The molecule has 2 fully saturated rings. The van der Waals surface area contributed by atoms with E-state index < -0.39 is 0 Å². The Balaban J connectivity index is 1.22. The first-order valence-electron chi connectivity index (χ1n) is 9.50. The van der Waals surface area contributed by atoms with Crippen molar-refractivity contribution in [2.45, 2.75) is 31.9 Å². The zero-order valence-corrected chi connectivity index (χ0v) is 15.6. The van der Waals surface area contributed by atoms with E-state index in [0.29, 0.717) is 6.10 Å². The molecule has 0 aromatic heterocycles. The van der Waals surface area contributed by atoms with Gasteiger partial charge in [0, 0.05) is 25.1 Å². The van der Waals surface area contributed by atoms with Gasteiger partial charge in [0.2, 0.25) is 0 Å². The topological polar surface area (TPSA) is 38.2 Å². The number of nitrogens with zero attached hydrogens (tertiary/aromatic N) is 1. The first-order chi connectivity index (χ1) is 12.3. The predicted molar refractivity (Wildman–Crippen MR) is 101 cm³/mol. The van der Waals surface area contributed by atoms with Crippen molar-refractivity contribution in [3.63, 3.8) is 0 Å². The molecule has 0 amide bonds. The molecule has 1 atom stereocenters. The summed E-state index contributed by atoms with van der Waals surface area (Å²) in [5, 5.41) is 4.29. The van der Waals surface area contributed by atoms with E-state index in [2.05, 4.69) is 28.4 Å². The number of benzene rings is 1. The Hall–Kier alpha value is -1.37. The Morgan fingerprint density at radius 3 is 2.96 bits per heavy atom. The van der Waals surface area contributed by atoms with Crippen molar-refractivity contribution in [2.24, 2.45) is 0 Å². The Bertz CT molecular complexity index is 611. The third-order valence-corrected chi connectivity index (χ3v) is 5.87. The molecule has 0 unspecified atom stereocenters.